The van der Waals surface area contributed by atoms with Crippen LogP contribution in [0.1, 0.15) is 43.1 Å². The highest BCUT2D eigenvalue weighted by Crippen LogP contribution is 2.19. The van der Waals surface area contributed by atoms with Crippen LogP contribution in [0, 0.1) is 13.8 Å². The zero-order valence-corrected chi connectivity index (χ0v) is 10.7. The fourth-order valence-electron chi connectivity index (χ4n) is 1.65. The number of benzene rings is 1. The first-order chi connectivity index (χ1) is 7.50. The SMILES string of the molecule is Cc1ccc(C(O)CCNC(C)C)cc1C. The predicted octanol–water partition coefficient (Wildman–Crippen LogP) is 2.72. The van der Waals surface area contributed by atoms with Gasteiger partial charge < -0.3 is 10.4 Å². The van der Waals surface area contributed by atoms with Crippen LogP contribution in [0.5, 0.6) is 0 Å². The molecular weight excluding hydrogens is 198 g/mol. The zero-order valence-electron chi connectivity index (χ0n) is 10.7. The minimum absolute atomic E-state index is 0.356. The molecule has 0 aliphatic carbocycles. The van der Waals surface area contributed by atoms with Gasteiger partial charge >= 0.3 is 0 Å². The average molecular weight is 221 g/mol. The molecule has 1 atom stereocenters. The highest BCUT2D eigenvalue weighted by molar-refractivity contribution is 5.31. The van der Waals surface area contributed by atoms with Crippen LogP contribution in [0.15, 0.2) is 18.2 Å². The lowest BCUT2D eigenvalue weighted by Gasteiger charge is -2.14. The first-order valence-corrected chi connectivity index (χ1v) is 5.99. The van der Waals surface area contributed by atoms with E-state index in [0.29, 0.717) is 6.04 Å². The van der Waals surface area contributed by atoms with Crippen LogP contribution in [0.2, 0.25) is 0 Å². The molecule has 0 fully saturated rings. The average Bonchev–Trinajstić information content (AvgIpc) is 2.21. The summed E-state index contributed by atoms with van der Waals surface area (Å²) in [7, 11) is 0. The van der Waals surface area contributed by atoms with E-state index in [2.05, 4.69) is 45.1 Å². The van der Waals surface area contributed by atoms with E-state index in [9.17, 15) is 5.11 Å². The molecule has 2 heteroatoms. The molecule has 0 bridgehead atoms. The van der Waals surface area contributed by atoms with Gasteiger partial charge in [0.25, 0.3) is 0 Å². The van der Waals surface area contributed by atoms with Gasteiger partial charge in [-0.2, -0.15) is 0 Å². The second-order valence-corrected chi connectivity index (χ2v) is 4.76. The Balaban J connectivity index is 2.52. The third-order valence-corrected chi connectivity index (χ3v) is 2.89. The van der Waals surface area contributed by atoms with Crippen molar-refractivity contribution in [3.05, 3.63) is 34.9 Å². The van der Waals surface area contributed by atoms with Gasteiger partial charge in [-0.3, -0.25) is 0 Å². The smallest absolute Gasteiger partial charge is 0.0802 e. The Labute approximate surface area is 98.7 Å². The van der Waals surface area contributed by atoms with Crippen molar-refractivity contribution in [3.8, 4) is 0 Å². The van der Waals surface area contributed by atoms with Crippen LogP contribution in [-0.2, 0) is 0 Å². The Hall–Kier alpha value is -0.860. The van der Waals surface area contributed by atoms with Crippen molar-refractivity contribution in [1.82, 2.24) is 5.32 Å². The molecule has 1 aromatic carbocycles. The lowest BCUT2D eigenvalue weighted by atomic mass is 10.0. The number of aliphatic hydroxyl groups is 1. The third kappa shape index (κ3) is 3.95. The highest BCUT2D eigenvalue weighted by atomic mass is 16.3. The Kier molecular flexibility index (Phi) is 4.97. The molecule has 1 aromatic rings. The van der Waals surface area contributed by atoms with Crippen molar-refractivity contribution in [2.75, 3.05) is 6.54 Å². The van der Waals surface area contributed by atoms with Crippen LogP contribution >= 0.6 is 0 Å². The molecule has 2 nitrogen and oxygen atoms in total. The number of aryl methyl sites for hydroxylation is 2. The molecule has 0 aliphatic rings. The van der Waals surface area contributed by atoms with Crippen molar-refractivity contribution in [1.29, 1.82) is 0 Å². The number of hydrogen-bond donors (Lipinski definition) is 2. The highest BCUT2D eigenvalue weighted by Gasteiger charge is 2.08. The molecule has 2 N–H and O–H groups in total. The van der Waals surface area contributed by atoms with Gasteiger partial charge in [0.15, 0.2) is 0 Å². The third-order valence-electron chi connectivity index (χ3n) is 2.89. The molecule has 16 heavy (non-hydrogen) atoms. The Morgan fingerprint density at radius 1 is 1.19 bits per heavy atom. The summed E-state index contributed by atoms with van der Waals surface area (Å²) in [6.45, 7) is 9.25. The second-order valence-electron chi connectivity index (χ2n) is 4.76. The van der Waals surface area contributed by atoms with E-state index in [0.717, 1.165) is 18.5 Å². The van der Waals surface area contributed by atoms with Gasteiger partial charge in [0.1, 0.15) is 0 Å². The zero-order chi connectivity index (χ0) is 12.1. The summed E-state index contributed by atoms with van der Waals surface area (Å²) < 4.78 is 0. The fourth-order valence-corrected chi connectivity index (χ4v) is 1.65. The molecule has 0 spiro atoms. The Bertz CT molecular complexity index is 334. The number of rotatable bonds is 5. The molecule has 1 rings (SSSR count). The maximum atomic E-state index is 10.0. The van der Waals surface area contributed by atoms with Gasteiger partial charge in [-0.1, -0.05) is 32.0 Å². The fraction of sp³-hybridized carbons (Fsp3) is 0.571. The summed E-state index contributed by atoms with van der Waals surface area (Å²) in [5.74, 6) is 0. The van der Waals surface area contributed by atoms with E-state index >= 15 is 0 Å². The minimum Gasteiger partial charge on any atom is -0.388 e. The number of hydrogen-bond acceptors (Lipinski definition) is 2. The molecule has 0 aliphatic heterocycles. The van der Waals surface area contributed by atoms with E-state index in [1.807, 2.05) is 6.07 Å². The lowest BCUT2D eigenvalue weighted by Crippen LogP contribution is -2.24. The van der Waals surface area contributed by atoms with Crippen LogP contribution < -0.4 is 5.32 Å². The summed E-state index contributed by atoms with van der Waals surface area (Å²) in [5.41, 5.74) is 3.54. The summed E-state index contributed by atoms with van der Waals surface area (Å²) in [6.07, 6.45) is 0.409. The lowest BCUT2D eigenvalue weighted by molar-refractivity contribution is 0.166. The van der Waals surface area contributed by atoms with Crippen LogP contribution in [0.25, 0.3) is 0 Å². The van der Waals surface area contributed by atoms with Crippen molar-refractivity contribution in [2.24, 2.45) is 0 Å². The van der Waals surface area contributed by atoms with Crippen LogP contribution in [0.3, 0.4) is 0 Å². The van der Waals surface area contributed by atoms with Crippen molar-refractivity contribution >= 4 is 0 Å². The minimum atomic E-state index is -0.356. The molecule has 0 radical (unpaired) electrons. The van der Waals surface area contributed by atoms with Gasteiger partial charge in [-0.05, 0) is 43.5 Å². The predicted molar refractivity (Wildman–Crippen MR) is 68.6 cm³/mol. The topological polar surface area (TPSA) is 32.3 Å². The van der Waals surface area contributed by atoms with Crippen molar-refractivity contribution < 1.29 is 5.11 Å². The molecule has 0 saturated heterocycles. The summed E-state index contributed by atoms with van der Waals surface area (Å²) in [6, 6.07) is 6.65. The van der Waals surface area contributed by atoms with E-state index in [4.69, 9.17) is 0 Å². The molecule has 0 saturated carbocycles. The van der Waals surface area contributed by atoms with E-state index in [-0.39, 0.29) is 6.10 Å². The van der Waals surface area contributed by atoms with Crippen LogP contribution in [0.4, 0.5) is 0 Å². The molecule has 90 valence electrons. The standard InChI is InChI=1S/C14H23NO/c1-10(2)15-8-7-14(16)13-6-5-11(3)12(4)9-13/h5-6,9-10,14-16H,7-8H2,1-4H3. The van der Waals surface area contributed by atoms with Crippen LogP contribution in [-0.4, -0.2) is 17.7 Å². The van der Waals surface area contributed by atoms with Crippen molar-refractivity contribution in [2.45, 2.75) is 46.3 Å². The summed E-state index contributed by atoms with van der Waals surface area (Å²) >= 11 is 0. The number of nitrogens with one attached hydrogen (secondary N) is 1. The first kappa shape index (κ1) is 13.2. The molecule has 0 aromatic heterocycles. The van der Waals surface area contributed by atoms with Gasteiger partial charge in [0.05, 0.1) is 6.10 Å². The monoisotopic (exact) mass is 221 g/mol. The van der Waals surface area contributed by atoms with Gasteiger partial charge in [-0.25, -0.2) is 0 Å². The molecule has 1 unspecified atom stereocenters. The van der Waals surface area contributed by atoms with Gasteiger partial charge in [0, 0.05) is 6.04 Å². The summed E-state index contributed by atoms with van der Waals surface area (Å²) in [5, 5.41) is 13.3. The Morgan fingerprint density at radius 3 is 2.44 bits per heavy atom. The van der Waals surface area contributed by atoms with Gasteiger partial charge in [-0.15, -0.1) is 0 Å². The van der Waals surface area contributed by atoms with E-state index < -0.39 is 0 Å². The van der Waals surface area contributed by atoms with E-state index in [1.165, 1.54) is 11.1 Å². The molecule has 0 heterocycles. The summed E-state index contributed by atoms with van der Waals surface area (Å²) in [4.78, 5) is 0. The first-order valence-electron chi connectivity index (χ1n) is 5.99. The van der Waals surface area contributed by atoms with Crippen molar-refractivity contribution in [3.63, 3.8) is 0 Å². The Morgan fingerprint density at radius 2 is 1.88 bits per heavy atom. The molecule has 0 amide bonds. The quantitative estimate of drug-likeness (QED) is 0.801. The maximum Gasteiger partial charge on any atom is 0.0802 e. The second kappa shape index (κ2) is 6.02. The normalized spacial score (nSPS) is 13.1. The molecular formula is C14H23NO. The number of aliphatic hydroxyl groups excluding tert-OH is 1. The van der Waals surface area contributed by atoms with E-state index in [1.54, 1.807) is 0 Å². The largest absolute Gasteiger partial charge is 0.388 e. The maximum absolute atomic E-state index is 10.0. The van der Waals surface area contributed by atoms with Gasteiger partial charge in [0.2, 0.25) is 0 Å².